The highest BCUT2D eigenvalue weighted by molar-refractivity contribution is 7.58. The largest absolute Gasteiger partial charge is 0.104 e. The van der Waals surface area contributed by atoms with E-state index in [4.69, 9.17) is 0 Å². The van der Waals surface area contributed by atoms with Gasteiger partial charge in [-0.3, -0.25) is 0 Å². The molecular weight excluding hydrogens is 386 g/mol. The molecule has 0 aromatic heterocycles. The van der Waals surface area contributed by atoms with Gasteiger partial charge in [0.1, 0.15) is 0 Å². The number of unbranched alkanes of at least 4 members (excludes halogenated alkanes) is 4. The molecule has 29 heavy (non-hydrogen) atoms. The standard InChI is InChI=1S/2C13H27P.CH4/c2*1-3-5-9-13-10-7-8-12-14(13)11-6-4-2;/h2*13H,3-12H2,1-2H3;1H4. The number of hydrogen-bond donors (Lipinski definition) is 0. The monoisotopic (exact) mass is 444 g/mol. The molecule has 2 saturated heterocycles. The van der Waals surface area contributed by atoms with Crippen LogP contribution in [-0.2, 0) is 0 Å². The van der Waals surface area contributed by atoms with Crippen molar-refractivity contribution in [1.29, 1.82) is 0 Å². The average Bonchev–Trinajstić information content (AvgIpc) is 2.75. The van der Waals surface area contributed by atoms with E-state index >= 15 is 0 Å². The first kappa shape index (κ1) is 29.9. The summed E-state index contributed by atoms with van der Waals surface area (Å²) in [4.78, 5) is 0. The Balaban J connectivity index is 0.000000523. The van der Waals surface area contributed by atoms with E-state index in [1.54, 1.807) is 50.3 Å². The third kappa shape index (κ3) is 13.8. The zero-order valence-electron chi connectivity index (χ0n) is 20.2. The van der Waals surface area contributed by atoms with Crippen molar-refractivity contribution in [3.63, 3.8) is 0 Å². The van der Waals surface area contributed by atoms with Gasteiger partial charge in [0.05, 0.1) is 0 Å². The SMILES string of the molecule is C.CCCCC1CCCCP1CCCC.CCCCC1CCCCP1CCCC. The molecule has 2 rings (SSSR count). The van der Waals surface area contributed by atoms with Gasteiger partial charge in [-0.15, -0.1) is 15.8 Å². The van der Waals surface area contributed by atoms with Gasteiger partial charge in [0.15, 0.2) is 0 Å². The fraction of sp³-hybridized carbons (Fsp3) is 1.00. The van der Waals surface area contributed by atoms with Crippen molar-refractivity contribution in [2.45, 2.75) is 149 Å². The van der Waals surface area contributed by atoms with Crippen LogP contribution in [0.1, 0.15) is 138 Å². The molecule has 2 aliphatic heterocycles. The van der Waals surface area contributed by atoms with Crippen LogP contribution in [0.3, 0.4) is 0 Å². The van der Waals surface area contributed by atoms with Gasteiger partial charge in [0.2, 0.25) is 0 Å². The second-order valence-corrected chi connectivity index (χ2v) is 15.0. The fourth-order valence-electron chi connectivity index (χ4n) is 4.96. The van der Waals surface area contributed by atoms with Gasteiger partial charge in [0.25, 0.3) is 0 Å². The molecule has 2 heterocycles. The summed E-state index contributed by atoms with van der Waals surface area (Å²) in [6.07, 6.45) is 30.3. The number of rotatable bonds is 12. The van der Waals surface area contributed by atoms with Crippen molar-refractivity contribution in [1.82, 2.24) is 0 Å². The summed E-state index contributed by atoms with van der Waals surface area (Å²) in [6.45, 7) is 9.33. The van der Waals surface area contributed by atoms with Crippen LogP contribution in [0.5, 0.6) is 0 Å². The summed E-state index contributed by atoms with van der Waals surface area (Å²) in [5, 5.41) is 0. The van der Waals surface area contributed by atoms with E-state index in [0.717, 1.165) is 11.3 Å². The summed E-state index contributed by atoms with van der Waals surface area (Å²) in [5.74, 6) is 0. The lowest BCUT2D eigenvalue weighted by molar-refractivity contribution is 0.587. The predicted octanol–water partition coefficient (Wildman–Crippen LogP) is 10.7. The quantitative estimate of drug-likeness (QED) is 0.263. The lowest BCUT2D eigenvalue weighted by Gasteiger charge is -2.32. The molecule has 0 aromatic rings. The van der Waals surface area contributed by atoms with Crippen molar-refractivity contribution in [3.05, 3.63) is 0 Å². The Morgan fingerprint density at radius 2 is 0.931 bits per heavy atom. The molecule has 0 aromatic carbocycles. The zero-order valence-corrected chi connectivity index (χ0v) is 22.0. The summed E-state index contributed by atoms with van der Waals surface area (Å²) < 4.78 is 0. The Hall–Kier alpha value is 0.860. The smallest absolute Gasteiger partial charge is 0.0209 e. The van der Waals surface area contributed by atoms with Gasteiger partial charge >= 0.3 is 0 Å². The minimum atomic E-state index is 0. The minimum absolute atomic E-state index is 0. The average molecular weight is 445 g/mol. The normalized spacial score (nSPS) is 26.9. The van der Waals surface area contributed by atoms with E-state index in [-0.39, 0.29) is 7.43 Å². The minimum Gasteiger partial charge on any atom is -0.104 e. The molecule has 4 unspecified atom stereocenters. The van der Waals surface area contributed by atoms with Gasteiger partial charge in [-0.05, 0) is 87.3 Å². The van der Waals surface area contributed by atoms with Gasteiger partial charge in [-0.25, -0.2) is 0 Å². The second-order valence-electron chi connectivity index (χ2n) is 9.36. The van der Waals surface area contributed by atoms with Gasteiger partial charge in [-0.2, -0.15) is 0 Å². The van der Waals surface area contributed by atoms with Crippen LogP contribution in [0.4, 0.5) is 0 Å². The first-order valence-corrected chi connectivity index (χ1v) is 16.8. The summed E-state index contributed by atoms with van der Waals surface area (Å²) in [6, 6.07) is 0. The first-order valence-electron chi connectivity index (χ1n) is 13.2. The van der Waals surface area contributed by atoms with Gasteiger partial charge in [0, 0.05) is 0 Å². The Bertz CT molecular complexity index is 266. The maximum atomic E-state index is 2.33. The van der Waals surface area contributed by atoms with Crippen molar-refractivity contribution >= 4 is 15.8 Å². The van der Waals surface area contributed by atoms with Gasteiger partial charge in [-0.1, -0.05) is 86.5 Å². The van der Waals surface area contributed by atoms with Crippen LogP contribution < -0.4 is 0 Å². The van der Waals surface area contributed by atoms with Crippen molar-refractivity contribution in [2.75, 3.05) is 24.6 Å². The second kappa shape index (κ2) is 20.7. The molecule has 0 N–H and O–H groups in total. The molecule has 0 saturated carbocycles. The predicted molar refractivity (Wildman–Crippen MR) is 144 cm³/mol. The molecule has 2 heteroatoms. The van der Waals surface area contributed by atoms with Crippen LogP contribution in [0.15, 0.2) is 0 Å². The topological polar surface area (TPSA) is 0 Å². The molecule has 0 spiro atoms. The Kier molecular flexibility index (Phi) is 21.4. The van der Waals surface area contributed by atoms with Crippen molar-refractivity contribution in [3.8, 4) is 0 Å². The van der Waals surface area contributed by atoms with E-state index in [9.17, 15) is 0 Å². The number of hydrogen-bond acceptors (Lipinski definition) is 0. The van der Waals surface area contributed by atoms with E-state index < -0.39 is 0 Å². The van der Waals surface area contributed by atoms with Crippen molar-refractivity contribution < 1.29 is 0 Å². The molecule has 0 radical (unpaired) electrons. The summed E-state index contributed by atoms with van der Waals surface area (Å²) in [5.41, 5.74) is 2.32. The first-order chi connectivity index (χ1) is 13.8. The van der Waals surface area contributed by atoms with Crippen LogP contribution in [0.25, 0.3) is 0 Å². The van der Waals surface area contributed by atoms with Crippen LogP contribution >= 0.6 is 15.8 Å². The molecule has 2 fully saturated rings. The third-order valence-electron chi connectivity index (χ3n) is 6.88. The van der Waals surface area contributed by atoms with Crippen LogP contribution in [0.2, 0.25) is 0 Å². The Labute approximate surface area is 189 Å². The maximum absolute atomic E-state index is 2.33. The lowest BCUT2D eigenvalue weighted by atomic mass is 10.1. The molecule has 0 nitrogen and oxygen atoms in total. The lowest BCUT2D eigenvalue weighted by Crippen LogP contribution is -2.15. The Morgan fingerprint density at radius 3 is 1.28 bits per heavy atom. The molecule has 0 aliphatic carbocycles. The summed E-state index contributed by atoms with van der Waals surface area (Å²) in [7, 11) is 0.895. The van der Waals surface area contributed by atoms with Crippen molar-refractivity contribution in [2.24, 2.45) is 0 Å². The highest BCUT2D eigenvalue weighted by Gasteiger charge is 2.23. The van der Waals surface area contributed by atoms with Crippen LogP contribution in [-0.4, -0.2) is 36.0 Å². The Morgan fingerprint density at radius 1 is 0.552 bits per heavy atom. The fourth-order valence-corrected chi connectivity index (χ4v) is 11.8. The molecule has 2 aliphatic rings. The molecule has 0 amide bonds. The molecule has 0 bridgehead atoms. The summed E-state index contributed by atoms with van der Waals surface area (Å²) >= 11 is 0. The van der Waals surface area contributed by atoms with Gasteiger partial charge < -0.3 is 0 Å². The van der Waals surface area contributed by atoms with E-state index in [1.165, 1.54) is 77.0 Å². The maximum Gasteiger partial charge on any atom is -0.0209 e. The molecular formula is C27H58P2. The molecule has 176 valence electrons. The molecule has 4 atom stereocenters. The third-order valence-corrected chi connectivity index (χ3v) is 13.5. The van der Waals surface area contributed by atoms with E-state index in [2.05, 4.69) is 27.7 Å². The highest BCUT2D eigenvalue weighted by Crippen LogP contribution is 2.51. The van der Waals surface area contributed by atoms with Crippen LogP contribution in [0, 0.1) is 0 Å². The van der Waals surface area contributed by atoms with E-state index in [0.29, 0.717) is 15.8 Å². The highest BCUT2D eigenvalue weighted by atomic mass is 31.1. The van der Waals surface area contributed by atoms with E-state index in [1.807, 2.05) is 0 Å². The zero-order chi connectivity index (χ0) is 20.5.